The highest BCUT2D eigenvalue weighted by Gasteiger charge is 2.27. The summed E-state index contributed by atoms with van der Waals surface area (Å²) in [5, 5.41) is 12.4. The first-order valence-electron chi connectivity index (χ1n) is 7.21. The highest BCUT2D eigenvalue weighted by atomic mass is 16.3. The zero-order chi connectivity index (χ0) is 13.1. The average Bonchev–Trinajstić information content (AvgIpc) is 2.39. The Morgan fingerprint density at radius 2 is 1.76 bits per heavy atom. The number of hydrogen-bond donors (Lipinski definition) is 2. The first-order valence-corrected chi connectivity index (χ1v) is 7.21. The van der Waals surface area contributed by atoms with E-state index >= 15 is 0 Å². The fourth-order valence-electron chi connectivity index (χ4n) is 2.29. The standard InChI is InChI=1S/C14H32N2O/c1-5-14(6-2,12-15-7-3)13-16(8-4)10-9-11-17/h15,17H,5-13H2,1-4H3. The van der Waals surface area contributed by atoms with E-state index in [9.17, 15) is 0 Å². The van der Waals surface area contributed by atoms with Crippen LogP contribution in [0.5, 0.6) is 0 Å². The second-order valence-corrected chi connectivity index (χ2v) is 4.93. The maximum atomic E-state index is 8.93. The van der Waals surface area contributed by atoms with Crippen molar-refractivity contribution in [2.24, 2.45) is 5.41 Å². The molecule has 0 atom stereocenters. The molecule has 0 saturated carbocycles. The zero-order valence-corrected chi connectivity index (χ0v) is 12.3. The molecule has 0 saturated heterocycles. The number of hydrogen-bond acceptors (Lipinski definition) is 3. The lowest BCUT2D eigenvalue weighted by molar-refractivity contribution is 0.131. The van der Waals surface area contributed by atoms with Crippen molar-refractivity contribution in [2.45, 2.75) is 47.0 Å². The maximum absolute atomic E-state index is 8.93. The second kappa shape index (κ2) is 9.86. The van der Waals surface area contributed by atoms with Gasteiger partial charge >= 0.3 is 0 Å². The van der Waals surface area contributed by atoms with Crippen LogP contribution in [-0.4, -0.2) is 49.3 Å². The number of rotatable bonds is 11. The monoisotopic (exact) mass is 244 g/mol. The van der Waals surface area contributed by atoms with Crippen LogP contribution in [0.4, 0.5) is 0 Å². The van der Waals surface area contributed by atoms with Crippen LogP contribution in [0.2, 0.25) is 0 Å². The van der Waals surface area contributed by atoms with E-state index in [1.807, 2.05) is 0 Å². The van der Waals surface area contributed by atoms with Gasteiger partial charge in [-0.3, -0.25) is 0 Å². The highest BCUT2D eigenvalue weighted by molar-refractivity contribution is 4.82. The molecule has 2 N–H and O–H groups in total. The van der Waals surface area contributed by atoms with Gasteiger partial charge < -0.3 is 15.3 Å². The van der Waals surface area contributed by atoms with Crippen LogP contribution in [0.15, 0.2) is 0 Å². The summed E-state index contributed by atoms with van der Waals surface area (Å²) in [6, 6.07) is 0. The van der Waals surface area contributed by atoms with Gasteiger partial charge in [-0.2, -0.15) is 0 Å². The first-order chi connectivity index (χ1) is 8.17. The summed E-state index contributed by atoms with van der Waals surface area (Å²) in [6.45, 7) is 14.6. The average molecular weight is 244 g/mol. The van der Waals surface area contributed by atoms with Crippen molar-refractivity contribution in [1.29, 1.82) is 0 Å². The molecule has 0 fully saturated rings. The molecule has 0 aromatic heterocycles. The Hall–Kier alpha value is -0.120. The molecule has 0 aromatic rings. The Kier molecular flexibility index (Phi) is 9.79. The van der Waals surface area contributed by atoms with Gasteiger partial charge in [0.2, 0.25) is 0 Å². The lowest BCUT2D eigenvalue weighted by Crippen LogP contribution is -2.44. The Morgan fingerprint density at radius 1 is 1.12 bits per heavy atom. The second-order valence-electron chi connectivity index (χ2n) is 4.93. The molecule has 17 heavy (non-hydrogen) atoms. The van der Waals surface area contributed by atoms with Crippen molar-refractivity contribution in [2.75, 3.05) is 39.3 Å². The summed E-state index contributed by atoms with van der Waals surface area (Å²) < 4.78 is 0. The van der Waals surface area contributed by atoms with Gasteiger partial charge in [0.1, 0.15) is 0 Å². The summed E-state index contributed by atoms with van der Waals surface area (Å²) in [4.78, 5) is 2.47. The van der Waals surface area contributed by atoms with Crippen LogP contribution in [-0.2, 0) is 0 Å². The van der Waals surface area contributed by atoms with Crippen LogP contribution in [0.25, 0.3) is 0 Å². The van der Waals surface area contributed by atoms with Crippen molar-refractivity contribution >= 4 is 0 Å². The predicted molar refractivity (Wildman–Crippen MR) is 75.4 cm³/mol. The minimum atomic E-state index is 0.301. The molecular formula is C14H32N2O. The molecule has 0 unspecified atom stereocenters. The van der Waals surface area contributed by atoms with Gasteiger partial charge in [-0.25, -0.2) is 0 Å². The third kappa shape index (κ3) is 6.39. The molecule has 3 heteroatoms. The van der Waals surface area contributed by atoms with Gasteiger partial charge in [-0.15, -0.1) is 0 Å². The minimum Gasteiger partial charge on any atom is -0.396 e. The Labute approximate surface area is 108 Å². The number of nitrogens with one attached hydrogen (secondary N) is 1. The van der Waals surface area contributed by atoms with E-state index in [1.54, 1.807) is 0 Å². The third-order valence-corrected chi connectivity index (χ3v) is 3.89. The van der Waals surface area contributed by atoms with E-state index < -0.39 is 0 Å². The van der Waals surface area contributed by atoms with Gasteiger partial charge in [0.05, 0.1) is 0 Å². The molecule has 0 bridgehead atoms. The van der Waals surface area contributed by atoms with Gasteiger partial charge in [0, 0.05) is 26.2 Å². The molecular weight excluding hydrogens is 212 g/mol. The zero-order valence-electron chi connectivity index (χ0n) is 12.3. The molecule has 0 spiro atoms. The van der Waals surface area contributed by atoms with Crippen LogP contribution < -0.4 is 5.32 Å². The molecule has 0 rings (SSSR count). The normalized spacial score (nSPS) is 12.4. The van der Waals surface area contributed by atoms with E-state index in [4.69, 9.17) is 5.11 Å². The van der Waals surface area contributed by atoms with Crippen LogP contribution in [0.3, 0.4) is 0 Å². The van der Waals surface area contributed by atoms with E-state index in [2.05, 4.69) is 37.9 Å². The van der Waals surface area contributed by atoms with Gasteiger partial charge in [-0.05, 0) is 37.8 Å². The predicted octanol–water partition coefficient (Wildman–Crippen LogP) is 2.11. The maximum Gasteiger partial charge on any atom is 0.0443 e. The topological polar surface area (TPSA) is 35.5 Å². The van der Waals surface area contributed by atoms with Crippen LogP contribution >= 0.6 is 0 Å². The Morgan fingerprint density at radius 3 is 2.18 bits per heavy atom. The summed E-state index contributed by atoms with van der Waals surface area (Å²) >= 11 is 0. The summed E-state index contributed by atoms with van der Waals surface area (Å²) in [5.41, 5.74) is 0.390. The molecule has 0 aliphatic heterocycles. The van der Waals surface area contributed by atoms with Crippen LogP contribution in [0.1, 0.15) is 47.0 Å². The fourth-order valence-corrected chi connectivity index (χ4v) is 2.29. The fraction of sp³-hybridized carbons (Fsp3) is 1.00. The summed E-state index contributed by atoms with van der Waals surface area (Å²) in [5.74, 6) is 0. The SMILES string of the molecule is CCNCC(CC)(CC)CN(CC)CCCO. The highest BCUT2D eigenvalue weighted by Crippen LogP contribution is 2.26. The first kappa shape index (κ1) is 16.9. The van der Waals surface area contributed by atoms with Crippen LogP contribution in [0, 0.1) is 5.41 Å². The molecule has 0 aliphatic rings. The number of nitrogens with zero attached hydrogens (tertiary/aromatic N) is 1. The van der Waals surface area contributed by atoms with E-state index in [-0.39, 0.29) is 0 Å². The van der Waals surface area contributed by atoms with Gasteiger partial charge in [0.15, 0.2) is 0 Å². The molecule has 0 heterocycles. The number of aliphatic hydroxyl groups excluding tert-OH is 1. The lowest BCUT2D eigenvalue weighted by Gasteiger charge is -2.37. The Bertz CT molecular complexity index is 170. The molecule has 3 nitrogen and oxygen atoms in total. The van der Waals surface area contributed by atoms with E-state index in [0.717, 1.165) is 39.1 Å². The quantitative estimate of drug-likeness (QED) is 0.584. The molecule has 0 aromatic carbocycles. The largest absolute Gasteiger partial charge is 0.396 e. The molecule has 0 radical (unpaired) electrons. The lowest BCUT2D eigenvalue weighted by atomic mass is 9.81. The van der Waals surface area contributed by atoms with E-state index in [0.29, 0.717) is 12.0 Å². The van der Waals surface area contributed by atoms with Crippen molar-refractivity contribution in [3.8, 4) is 0 Å². The van der Waals surface area contributed by atoms with E-state index in [1.165, 1.54) is 12.8 Å². The van der Waals surface area contributed by atoms with Crippen molar-refractivity contribution in [1.82, 2.24) is 10.2 Å². The number of aliphatic hydroxyl groups is 1. The van der Waals surface area contributed by atoms with Crippen molar-refractivity contribution in [3.63, 3.8) is 0 Å². The molecule has 0 aliphatic carbocycles. The molecule has 0 amide bonds. The molecule has 104 valence electrons. The third-order valence-electron chi connectivity index (χ3n) is 3.89. The summed E-state index contributed by atoms with van der Waals surface area (Å²) in [6.07, 6.45) is 3.32. The minimum absolute atomic E-state index is 0.301. The Balaban J connectivity index is 4.36. The van der Waals surface area contributed by atoms with Gasteiger partial charge in [-0.1, -0.05) is 27.7 Å². The van der Waals surface area contributed by atoms with Crippen molar-refractivity contribution in [3.05, 3.63) is 0 Å². The summed E-state index contributed by atoms with van der Waals surface area (Å²) in [7, 11) is 0. The smallest absolute Gasteiger partial charge is 0.0443 e. The van der Waals surface area contributed by atoms with Crippen molar-refractivity contribution < 1.29 is 5.11 Å². The van der Waals surface area contributed by atoms with Gasteiger partial charge in [0.25, 0.3) is 0 Å².